The molecule has 6 N–H and O–H groups in total. The van der Waals surface area contributed by atoms with Gasteiger partial charge in [-0.15, -0.1) is 0 Å². The number of aliphatic hydroxyl groups excluding tert-OH is 4. The Morgan fingerprint density at radius 1 is 0.636 bits per heavy atom. The quantitative estimate of drug-likeness (QED) is 0.214. The molecule has 0 bridgehead atoms. The molecular weight excluding hydrogens is 296 g/mol. The predicted octanol–water partition coefficient (Wildman–Crippen LogP) is -0.801. The van der Waals surface area contributed by atoms with E-state index in [1.807, 2.05) is 13.8 Å². The van der Waals surface area contributed by atoms with Crippen LogP contribution < -0.4 is 0 Å². The van der Waals surface area contributed by atoms with Gasteiger partial charge in [0.2, 0.25) is 0 Å². The number of aliphatic hydroxyl groups is 6. The van der Waals surface area contributed by atoms with Crippen LogP contribution in [-0.4, -0.2) is 82.9 Å². The lowest BCUT2D eigenvalue weighted by atomic mass is 10.3. The zero-order valence-electron chi connectivity index (χ0n) is 13.7. The Morgan fingerprint density at radius 2 is 0.955 bits per heavy atom. The lowest BCUT2D eigenvalue weighted by Crippen LogP contribution is -2.09. The van der Waals surface area contributed by atoms with Gasteiger partial charge in [0.1, 0.15) is 0 Å². The van der Waals surface area contributed by atoms with Crippen molar-refractivity contribution >= 4 is 0 Å². The van der Waals surface area contributed by atoms with E-state index in [0.29, 0.717) is 39.3 Å². The molecule has 0 amide bonds. The summed E-state index contributed by atoms with van der Waals surface area (Å²) in [7, 11) is 0. The lowest BCUT2D eigenvalue weighted by molar-refractivity contribution is -0.0460. The summed E-state index contributed by atoms with van der Waals surface area (Å²) in [5, 5.41) is 49.0. The molecular formula is C14H34O8. The zero-order valence-corrected chi connectivity index (χ0v) is 13.7. The van der Waals surface area contributed by atoms with Gasteiger partial charge in [-0.1, -0.05) is 26.7 Å². The van der Waals surface area contributed by atoms with Gasteiger partial charge in [0.05, 0.1) is 39.6 Å². The van der Waals surface area contributed by atoms with Crippen molar-refractivity contribution in [1.82, 2.24) is 0 Å². The Morgan fingerprint density at radius 3 is 1.09 bits per heavy atom. The van der Waals surface area contributed by atoms with E-state index >= 15 is 0 Å². The highest BCUT2D eigenvalue weighted by Crippen LogP contribution is 1.88. The van der Waals surface area contributed by atoms with E-state index in [4.69, 9.17) is 40.1 Å². The predicted molar refractivity (Wildman–Crippen MR) is 82.1 cm³/mol. The summed E-state index contributed by atoms with van der Waals surface area (Å²) in [5.41, 5.74) is 0. The molecule has 0 saturated carbocycles. The fourth-order valence-corrected chi connectivity index (χ4v) is 0.967. The van der Waals surface area contributed by atoms with Gasteiger partial charge < -0.3 is 40.1 Å². The van der Waals surface area contributed by atoms with Gasteiger partial charge in [-0.05, 0) is 12.8 Å². The summed E-state index contributed by atoms with van der Waals surface area (Å²) in [6.45, 7) is 5.53. The minimum atomic E-state index is -1.10. The molecule has 0 aliphatic rings. The third kappa shape index (κ3) is 42.7. The first-order valence-electron chi connectivity index (χ1n) is 7.55. The fourth-order valence-electron chi connectivity index (χ4n) is 0.967. The van der Waals surface area contributed by atoms with Crippen molar-refractivity contribution < 1.29 is 40.1 Å². The van der Waals surface area contributed by atoms with Crippen LogP contribution in [0.5, 0.6) is 0 Å². The molecule has 0 rings (SSSR count). The van der Waals surface area contributed by atoms with Crippen molar-refractivity contribution in [3.05, 3.63) is 0 Å². The normalized spacial score (nSPS) is 10.1. The molecule has 138 valence electrons. The van der Waals surface area contributed by atoms with Crippen LogP contribution in [0.25, 0.3) is 0 Å². The van der Waals surface area contributed by atoms with Crippen molar-refractivity contribution in [3.8, 4) is 0 Å². The molecule has 22 heavy (non-hydrogen) atoms. The summed E-state index contributed by atoms with van der Waals surface area (Å²) in [4.78, 5) is 0. The van der Waals surface area contributed by atoms with Crippen LogP contribution in [0.4, 0.5) is 0 Å². The molecule has 0 unspecified atom stereocenters. The second kappa shape index (κ2) is 25.6. The molecule has 0 heterocycles. The molecule has 0 saturated heterocycles. The average molecular weight is 330 g/mol. The summed E-state index contributed by atoms with van der Waals surface area (Å²) < 4.78 is 9.75. The van der Waals surface area contributed by atoms with Gasteiger partial charge in [0.25, 0.3) is 0 Å². The van der Waals surface area contributed by atoms with Crippen molar-refractivity contribution in [2.45, 2.75) is 52.1 Å². The van der Waals surface area contributed by atoms with E-state index < -0.39 is 12.6 Å². The summed E-state index contributed by atoms with van der Waals surface area (Å²) in [6, 6.07) is 0. The Kier molecular flexibility index (Phi) is 30.9. The van der Waals surface area contributed by atoms with Gasteiger partial charge in [-0.3, -0.25) is 0 Å². The molecule has 0 atom stereocenters. The molecule has 8 nitrogen and oxygen atoms in total. The highest BCUT2D eigenvalue weighted by Gasteiger charge is 1.89. The number of hydrogen-bond donors (Lipinski definition) is 6. The minimum Gasteiger partial charge on any atom is -0.394 e. The van der Waals surface area contributed by atoms with Gasteiger partial charge in [-0.25, -0.2) is 0 Å². The molecule has 0 aliphatic heterocycles. The van der Waals surface area contributed by atoms with Crippen LogP contribution in [0.1, 0.15) is 39.5 Å². The maximum Gasteiger partial charge on any atom is 0.151 e. The standard InChI is InChI=1S/C6H14O4.2C4H10O2/c7-1-3-9-5-6-10-4-2-8;2*1-2-3-4(5)6/h7-8H,1-6H2;2*4-6H,2-3H2,1H3. The zero-order chi connectivity index (χ0) is 17.6. The lowest BCUT2D eigenvalue weighted by Gasteiger charge is -2.01. The summed E-state index contributed by atoms with van der Waals surface area (Å²) in [5.74, 6) is 0. The molecule has 0 aromatic heterocycles. The van der Waals surface area contributed by atoms with Gasteiger partial charge in [-0.2, -0.15) is 0 Å². The second-order valence-corrected chi connectivity index (χ2v) is 4.21. The van der Waals surface area contributed by atoms with Crippen LogP contribution in [0.15, 0.2) is 0 Å². The molecule has 0 aromatic rings. The van der Waals surface area contributed by atoms with Gasteiger partial charge in [0.15, 0.2) is 12.6 Å². The smallest absolute Gasteiger partial charge is 0.151 e. The minimum absolute atomic E-state index is 0.0417. The first-order chi connectivity index (χ1) is 10.5. The highest BCUT2D eigenvalue weighted by molar-refractivity contribution is 4.32. The van der Waals surface area contributed by atoms with Crippen LogP contribution in [0, 0.1) is 0 Å². The van der Waals surface area contributed by atoms with Crippen LogP contribution in [-0.2, 0) is 9.47 Å². The highest BCUT2D eigenvalue weighted by atomic mass is 16.5. The molecule has 0 spiro atoms. The van der Waals surface area contributed by atoms with E-state index in [1.54, 1.807) is 0 Å². The number of hydrogen-bond acceptors (Lipinski definition) is 8. The van der Waals surface area contributed by atoms with E-state index in [0.717, 1.165) is 12.8 Å². The Hall–Kier alpha value is -0.320. The van der Waals surface area contributed by atoms with Crippen LogP contribution in [0.3, 0.4) is 0 Å². The van der Waals surface area contributed by atoms with E-state index in [-0.39, 0.29) is 13.2 Å². The first-order valence-corrected chi connectivity index (χ1v) is 7.55. The van der Waals surface area contributed by atoms with Crippen molar-refractivity contribution in [2.75, 3.05) is 39.6 Å². The SMILES string of the molecule is CCCC(O)O.CCCC(O)O.OCCOCCOCCO. The monoisotopic (exact) mass is 330 g/mol. The topological polar surface area (TPSA) is 140 Å². The average Bonchev–Trinajstić information content (AvgIpc) is 2.44. The van der Waals surface area contributed by atoms with E-state index in [9.17, 15) is 0 Å². The first kappa shape index (κ1) is 26.6. The van der Waals surface area contributed by atoms with Crippen molar-refractivity contribution in [1.29, 1.82) is 0 Å². The molecule has 0 aromatic carbocycles. The van der Waals surface area contributed by atoms with E-state index in [2.05, 4.69) is 0 Å². The maximum absolute atomic E-state index is 8.26. The second-order valence-electron chi connectivity index (χ2n) is 4.21. The number of ether oxygens (including phenoxy) is 2. The molecule has 0 aliphatic carbocycles. The van der Waals surface area contributed by atoms with Crippen LogP contribution >= 0.6 is 0 Å². The molecule has 0 fully saturated rings. The fraction of sp³-hybridized carbons (Fsp3) is 1.00. The van der Waals surface area contributed by atoms with Gasteiger partial charge >= 0.3 is 0 Å². The Bertz CT molecular complexity index is 149. The summed E-state index contributed by atoms with van der Waals surface area (Å²) >= 11 is 0. The third-order valence-corrected chi connectivity index (χ3v) is 1.94. The van der Waals surface area contributed by atoms with Crippen molar-refractivity contribution in [3.63, 3.8) is 0 Å². The third-order valence-electron chi connectivity index (χ3n) is 1.94. The molecule has 0 radical (unpaired) electrons. The Labute approximate surface area is 132 Å². The Balaban J connectivity index is -0.000000261. The molecule has 8 heteroatoms. The number of rotatable bonds is 11. The summed E-state index contributed by atoms with van der Waals surface area (Å²) in [6.07, 6.45) is 0.431. The van der Waals surface area contributed by atoms with Crippen LogP contribution in [0.2, 0.25) is 0 Å². The largest absolute Gasteiger partial charge is 0.394 e. The van der Waals surface area contributed by atoms with Gasteiger partial charge in [0, 0.05) is 0 Å². The van der Waals surface area contributed by atoms with Crippen molar-refractivity contribution in [2.24, 2.45) is 0 Å². The van der Waals surface area contributed by atoms with E-state index in [1.165, 1.54) is 0 Å². The maximum atomic E-state index is 8.26.